The molecule has 3 rings (SSSR count). The normalized spacial score (nSPS) is 16.2. The van der Waals surface area contributed by atoms with Crippen molar-refractivity contribution in [2.75, 3.05) is 4.90 Å². The number of nitrogens with zero attached hydrogens (tertiary/aromatic N) is 1. The van der Waals surface area contributed by atoms with Gasteiger partial charge in [-0.05, 0) is 44.2 Å². The highest BCUT2D eigenvalue weighted by Crippen LogP contribution is 2.37. The fourth-order valence-corrected chi connectivity index (χ4v) is 3.88. The molecule has 1 saturated heterocycles. The molecule has 0 radical (unpaired) electrons. The van der Waals surface area contributed by atoms with E-state index in [0.29, 0.717) is 19.9 Å². The van der Waals surface area contributed by atoms with Crippen LogP contribution in [0.4, 0.5) is 5.69 Å². The smallest absolute Gasteiger partial charge is 0.270 e. The minimum absolute atomic E-state index is 0.0514. The Morgan fingerprint density at radius 3 is 2.68 bits per heavy atom. The van der Waals surface area contributed by atoms with Gasteiger partial charge in [-0.15, -0.1) is 0 Å². The summed E-state index contributed by atoms with van der Waals surface area (Å²) in [5.74, 6) is 0.585. The van der Waals surface area contributed by atoms with Crippen molar-refractivity contribution >= 4 is 57.6 Å². The first-order valence-corrected chi connectivity index (χ1v) is 9.35. The Morgan fingerprint density at radius 1 is 1.20 bits per heavy atom. The van der Waals surface area contributed by atoms with Crippen LogP contribution in [0.25, 0.3) is 6.08 Å². The van der Waals surface area contributed by atoms with Crippen LogP contribution in [-0.2, 0) is 4.79 Å². The number of halogens is 1. The molecule has 128 valence electrons. The highest BCUT2D eigenvalue weighted by Gasteiger charge is 2.33. The molecule has 0 N–H and O–H groups in total. The molecular weight excluding hydrogens is 374 g/mol. The van der Waals surface area contributed by atoms with Crippen molar-refractivity contribution in [3.05, 3.63) is 64.0 Å². The lowest BCUT2D eigenvalue weighted by Crippen LogP contribution is -2.27. The van der Waals surface area contributed by atoms with Gasteiger partial charge in [0.25, 0.3) is 5.91 Å². The van der Waals surface area contributed by atoms with Gasteiger partial charge in [-0.25, -0.2) is 0 Å². The third kappa shape index (κ3) is 4.06. The van der Waals surface area contributed by atoms with Crippen molar-refractivity contribution < 1.29 is 9.53 Å². The molecule has 1 heterocycles. The molecule has 1 fully saturated rings. The predicted molar refractivity (Wildman–Crippen MR) is 109 cm³/mol. The van der Waals surface area contributed by atoms with Gasteiger partial charge in [-0.1, -0.05) is 59.8 Å². The molecule has 0 unspecified atom stereocenters. The third-order valence-electron chi connectivity index (χ3n) is 3.43. The summed E-state index contributed by atoms with van der Waals surface area (Å²) in [5, 5.41) is 0.561. The number of rotatable bonds is 4. The van der Waals surface area contributed by atoms with Crippen LogP contribution in [0.2, 0.25) is 5.02 Å². The Hall–Kier alpha value is -1.82. The molecule has 25 heavy (non-hydrogen) atoms. The maximum atomic E-state index is 12.8. The zero-order valence-corrected chi connectivity index (χ0v) is 16.1. The zero-order chi connectivity index (χ0) is 18.0. The van der Waals surface area contributed by atoms with Gasteiger partial charge in [0.05, 0.1) is 16.7 Å². The number of carbonyl (C=O) groups is 1. The molecule has 3 nitrogen and oxygen atoms in total. The summed E-state index contributed by atoms with van der Waals surface area (Å²) in [6, 6.07) is 14.7. The van der Waals surface area contributed by atoms with Crippen molar-refractivity contribution in [1.82, 2.24) is 0 Å². The zero-order valence-electron chi connectivity index (χ0n) is 13.7. The number of thioether (sulfide) groups is 1. The first-order valence-electron chi connectivity index (χ1n) is 7.75. The highest BCUT2D eigenvalue weighted by molar-refractivity contribution is 8.27. The molecule has 0 atom stereocenters. The molecule has 0 spiro atoms. The lowest BCUT2D eigenvalue weighted by atomic mass is 10.1. The first kappa shape index (κ1) is 18.0. The topological polar surface area (TPSA) is 29.5 Å². The molecular formula is C19H16ClNO2S2. The van der Waals surface area contributed by atoms with Crippen LogP contribution in [0.3, 0.4) is 0 Å². The summed E-state index contributed by atoms with van der Waals surface area (Å²) in [4.78, 5) is 14.9. The van der Waals surface area contributed by atoms with E-state index in [4.69, 9.17) is 28.6 Å². The molecule has 0 saturated carbocycles. The van der Waals surface area contributed by atoms with Crippen molar-refractivity contribution in [3.8, 4) is 5.75 Å². The van der Waals surface area contributed by atoms with Crippen molar-refractivity contribution in [2.24, 2.45) is 0 Å². The Labute approximate surface area is 161 Å². The van der Waals surface area contributed by atoms with E-state index in [-0.39, 0.29) is 12.0 Å². The number of hydrogen-bond acceptors (Lipinski definition) is 4. The monoisotopic (exact) mass is 389 g/mol. The van der Waals surface area contributed by atoms with Crippen LogP contribution in [0.15, 0.2) is 53.4 Å². The fourth-order valence-electron chi connectivity index (χ4n) is 2.41. The number of amides is 1. The van der Waals surface area contributed by atoms with Crippen molar-refractivity contribution in [3.63, 3.8) is 0 Å². The maximum absolute atomic E-state index is 12.8. The number of ether oxygens (including phenoxy) is 1. The number of thiocarbonyl (C=S) groups is 1. The number of anilines is 1. The van der Waals surface area contributed by atoms with Gasteiger partial charge in [-0.2, -0.15) is 0 Å². The van der Waals surface area contributed by atoms with Crippen LogP contribution in [-0.4, -0.2) is 16.3 Å². The Balaban J connectivity index is 1.94. The highest BCUT2D eigenvalue weighted by atomic mass is 35.5. The Bertz CT molecular complexity index is 864. The first-order chi connectivity index (χ1) is 12.0. The molecule has 2 aromatic rings. The number of carbonyl (C=O) groups excluding carboxylic acids is 1. The molecule has 2 aromatic carbocycles. The van der Waals surface area contributed by atoms with Gasteiger partial charge < -0.3 is 4.74 Å². The second-order valence-corrected chi connectivity index (χ2v) is 7.81. The van der Waals surface area contributed by atoms with Gasteiger partial charge in [0, 0.05) is 10.6 Å². The average molecular weight is 390 g/mol. The van der Waals surface area contributed by atoms with E-state index in [1.165, 1.54) is 16.7 Å². The van der Waals surface area contributed by atoms with Crippen molar-refractivity contribution in [2.45, 2.75) is 20.0 Å². The van der Waals surface area contributed by atoms with Gasteiger partial charge in [0.1, 0.15) is 5.75 Å². The quantitative estimate of drug-likeness (QED) is 0.507. The minimum atomic E-state index is -0.156. The number of hydrogen-bond donors (Lipinski definition) is 0. The molecule has 0 bridgehead atoms. The minimum Gasteiger partial charge on any atom is -0.490 e. The summed E-state index contributed by atoms with van der Waals surface area (Å²) in [5.41, 5.74) is 1.52. The molecule has 0 aromatic heterocycles. The summed E-state index contributed by atoms with van der Waals surface area (Å²) in [7, 11) is 0. The lowest BCUT2D eigenvalue weighted by Gasteiger charge is -2.14. The van der Waals surface area contributed by atoms with Gasteiger partial charge in [0.15, 0.2) is 4.32 Å². The summed E-state index contributed by atoms with van der Waals surface area (Å²) in [6.07, 6.45) is 1.87. The van der Waals surface area contributed by atoms with E-state index < -0.39 is 0 Å². The van der Waals surface area contributed by atoms with E-state index in [1.807, 2.05) is 50.3 Å². The van der Waals surface area contributed by atoms with Gasteiger partial charge >= 0.3 is 0 Å². The number of benzene rings is 2. The Morgan fingerprint density at radius 2 is 1.96 bits per heavy atom. The van der Waals surface area contributed by atoms with Gasteiger partial charge in [0.2, 0.25) is 0 Å². The van der Waals surface area contributed by atoms with Crippen molar-refractivity contribution in [1.29, 1.82) is 0 Å². The third-order valence-corrected chi connectivity index (χ3v) is 4.97. The fraction of sp³-hybridized carbons (Fsp3) is 0.158. The summed E-state index contributed by atoms with van der Waals surface area (Å²) >= 11 is 12.7. The average Bonchev–Trinajstić information content (AvgIpc) is 2.83. The predicted octanol–water partition coefficient (Wildman–Crippen LogP) is 5.53. The molecule has 1 aliphatic heterocycles. The summed E-state index contributed by atoms with van der Waals surface area (Å²) < 4.78 is 6.30. The van der Waals surface area contributed by atoms with Crippen LogP contribution >= 0.6 is 35.6 Å². The van der Waals surface area contributed by atoms with E-state index in [0.717, 1.165) is 11.3 Å². The second-order valence-electron chi connectivity index (χ2n) is 5.70. The molecule has 0 aliphatic carbocycles. The maximum Gasteiger partial charge on any atom is 0.270 e. The standard InChI is InChI=1S/C19H16ClNO2S2/c1-12(2)23-16-9-4-3-6-13(16)10-17-18(22)21(19(24)25-17)15-8-5-7-14(20)11-15/h3-12H,1-2H3/b17-10+. The van der Waals surface area contributed by atoms with Gasteiger partial charge in [-0.3, -0.25) is 9.69 Å². The van der Waals surface area contributed by atoms with E-state index in [2.05, 4.69) is 0 Å². The van der Waals surface area contributed by atoms with E-state index in [9.17, 15) is 4.79 Å². The van der Waals surface area contributed by atoms with Crippen LogP contribution in [0.5, 0.6) is 5.75 Å². The van der Waals surface area contributed by atoms with Crippen LogP contribution in [0, 0.1) is 0 Å². The molecule has 1 amide bonds. The number of para-hydroxylation sites is 1. The largest absolute Gasteiger partial charge is 0.490 e. The van der Waals surface area contributed by atoms with Crippen LogP contribution < -0.4 is 9.64 Å². The molecule has 6 heteroatoms. The second kappa shape index (κ2) is 7.60. The lowest BCUT2D eigenvalue weighted by molar-refractivity contribution is -0.113. The molecule has 1 aliphatic rings. The van der Waals surface area contributed by atoms with E-state index in [1.54, 1.807) is 18.2 Å². The Kier molecular flexibility index (Phi) is 5.47. The van der Waals surface area contributed by atoms with Crippen LogP contribution in [0.1, 0.15) is 19.4 Å². The SMILES string of the molecule is CC(C)Oc1ccccc1/C=C1/SC(=S)N(c2cccc(Cl)c2)C1=O. The van der Waals surface area contributed by atoms with E-state index >= 15 is 0 Å². The summed E-state index contributed by atoms with van der Waals surface area (Å²) in [6.45, 7) is 3.94.